The molecule has 0 spiro atoms. The van der Waals surface area contributed by atoms with Crippen LogP contribution in [-0.2, 0) is 6.54 Å². The SMILES string of the molecule is CC(C)CNCc1ccnc(N2CC(C)CC2C)c1. The van der Waals surface area contributed by atoms with Crippen molar-refractivity contribution in [1.82, 2.24) is 10.3 Å². The van der Waals surface area contributed by atoms with Gasteiger partial charge in [-0.1, -0.05) is 20.8 Å². The Labute approximate surface area is 117 Å². The number of nitrogens with one attached hydrogen (secondary N) is 1. The standard InChI is InChI=1S/C16H27N3/c1-12(2)9-17-10-15-5-6-18-16(8-15)19-11-13(3)7-14(19)4/h5-6,8,12-14,17H,7,9-11H2,1-4H3. The number of hydrogen-bond acceptors (Lipinski definition) is 3. The molecular formula is C16H27N3. The second-order valence-electron chi connectivity index (χ2n) is 6.39. The molecule has 1 aromatic heterocycles. The van der Waals surface area contributed by atoms with Gasteiger partial charge in [0, 0.05) is 25.3 Å². The highest BCUT2D eigenvalue weighted by Crippen LogP contribution is 2.27. The quantitative estimate of drug-likeness (QED) is 0.883. The Bertz CT molecular complexity index is 403. The van der Waals surface area contributed by atoms with Crippen LogP contribution in [0.1, 0.15) is 39.7 Å². The molecule has 0 saturated carbocycles. The van der Waals surface area contributed by atoms with E-state index in [2.05, 4.69) is 55.0 Å². The summed E-state index contributed by atoms with van der Waals surface area (Å²) < 4.78 is 0. The van der Waals surface area contributed by atoms with Gasteiger partial charge in [0.2, 0.25) is 0 Å². The molecule has 0 bridgehead atoms. The third-order valence-corrected chi connectivity index (χ3v) is 3.77. The number of pyridine rings is 1. The van der Waals surface area contributed by atoms with Crippen molar-refractivity contribution < 1.29 is 0 Å². The molecule has 1 aromatic rings. The Balaban J connectivity index is 1.99. The van der Waals surface area contributed by atoms with Crippen molar-refractivity contribution in [3.63, 3.8) is 0 Å². The second kappa shape index (κ2) is 6.38. The number of hydrogen-bond donors (Lipinski definition) is 1. The minimum Gasteiger partial charge on any atom is -0.354 e. The van der Waals surface area contributed by atoms with Gasteiger partial charge in [0.1, 0.15) is 5.82 Å². The maximum atomic E-state index is 4.55. The molecule has 2 unspecified atom stereocenters. The van der Waals surface area contributed by atoms with Crippen LogP contribution in [0.15, 0.2) is 18.3 Å². The molecule has 2 rings (SSSR count). The van der Waals surface area contributed by atoms with Gasteiger partial charge in [0.05, 0.1) is 0 Å². The lowest BCUT2D eigenvalue weighted by Gasteiger charge is -2.23. The zero-order chi connectivity index (χ0) is 13.8. The van der Waals surface area contributed by atoms with E-state index in [9.17, 15) is 0 Å². The summed E-state index contributed by atoms with van der Waals surface area (Å²) in [5.41, 5.74) is 1.33. The van der Waals surface area contributed by atoms with Crippen molar-refractivity contribution in [2.45, 2.75) is 46.7 Å². The van der Waals surface area contributed by atoms with Crippen LogP contribution >= 0.6 is 0 Å². The highest BCUT2D eigenvalue weighted by Gasteiger charge is 2.26. The molecule has 1 aliphatic rings. The van der Waals surface area contributed by atoms with E-state index in [1.165, 1.54) is 12.0 Å². The van der Waals surface area contributed by atoms with Crippen LogP contribution in [0.3, 0.4) is 0 Å². The van der Waals surface area contributed by atoms with Gasteiger partial charge < -0.3 is 10.2 Å². The zero-order valence-corrected chi connectivity index (χ0v) is 12.7. The summed E-state index contributed by atoms with van der Waals surface area (Å²) >= 11 is 0. The second-order valence-corrected chi connectivity index (χ2v) is 6.39. The number of aromatic nitrogens is 1. The number of anilines is 1. The summed E-state index contributed by atoms with van der Waals surface area (Å²) in [6.45, 7) is 12.2. The number of rotatable bonds is 5. The van der Waals surface area contributed by atoms with Gasteiger partial charge in [0.15, 0.2) is 0 Å². The third kappa shape index (κ3) is 3.93. The molecule has 1 aliphatic heterocycles. The predicted octanol–water partition coefficient (Wildman–Crippen LogP) is 3.06. The molecule has 1 saturated heterocycles. The average Bonchev–Trinajstić information content (AvgIpc) is 2.68. The maximum Gasteiger partial charge on any atom is 0.129 e. The monoisotopic (exact) mass is 261 g/mol. The Morgan fingerprint density at radius 1 is 1.42 bits per heavy atom. The van der Waals surface area contributed by atoms with Crippen molar-refractivity contribution in [3.8, 4) is 0 Å². The first-order valence-corrected chi connectivity index (χ1v) is 7.48. The molecule has 0 amide bonds. The van der Waals surface area contributed by atoms with Crippen LogP contribution in [0, 0.1) is 11.8 Å². The summed E-state index contributed by atoms with van der Waals surface area (Å²) in [5.74, 6) is 2.61. The van der Waals surface area contributed by atoms with Crippen LogP contribution in [0.2, 0.25) is 0 Å². The van der Waals surface area contributed by atoms with Gasteiger partial charge in [-0.15, -0.1) is 0 Å². The maximum absolute atomic E-state index is 4.55. The first kappa shape index (κ1) is 14.3. The molecule has 2 heterocycles. The summed E-state index contributed by atoms with van der Waals surface area (Å²) in [7, 11) is 0. The zero-order valence-electron chi connectivity index (χ0n) is 12.7. The molecule has 1 fully saturated rings. The Morgan fingerprint density at radius 2 is 2.21 bits per heavy atom. The highest BCUT2D eigenvalue weighted by molar-refractivity contribution is 5.43. The first-order chi connectivity index (χ1) is 9.06. The normalized spacial score (nSPS) is 23.3. The van der Waals surface area contributed by atoms with E-state index in [4.69, 9.17) is 0 Å². The molecular weight excluding hydrogens is 234 g/mol. The highest BCUT2D eigenvalue weighted by atomic mass is 15.2. The Kier molecular flexibility index (Phi) is 4.81. The molecule has 0 aliphatic carbocycles. The van der Waals surface area contributed by atoms with Gasteiger partial charge in [-0.05, 0) is 49.4 Å². The van der Waals surface area contributed by atoms with Crippen molar-refractivity contribution in [2.24, 2.45) is 11.8 Å². The first-order valence-electron chi connectivity index (χ1n) is 7.48. The van der Waals surface area contributed by atoms with Crippen molar-refractivity contribution >= 4 is 5.82 Å². The topological polar surface area (TPSA) is 28.2 Å². The van der Waals surface area contributed by atoms with E-state index in [0.717, 1.165) is 31.4 Å². The summed E-state index contributed by atoms with van der Waals surface area (Å²) in [5, 5.41) is 3.49. The molecule has 3 nitrogen and oxygen atoms in total. The van der Waals surface area contributed by atoms with E-state index in [0.29, 0.717) is 12.0 Å². The molecule has 106 valence electrons. The van der Waals surface area contributed by atoms with Gasteiger partial charge in [-0.25, -0.2) is 4.98 Å². The predicted molar refractivity (Wildman–Crippen MR) is 81.4 cm³/mol. The summed E-state index contributed by atoms with van der Waals surface area (Å²) in [6, 6.07) is 4.96. The van der Waals surface area contributed by atoms with Crippen LogP contribution in [0.25, 0.3) is 0 Å². The van der Waals surface area contributed by atoms with Crippen LogP contribution in [0.5, 0.6) is 0 Å². The summed E-state index contributed by atoms with van der Waals surface area (Å²) in [6.07, 6.45) is 3.22. The fourth-order valence-electron chi connectivity index (χ4n) is 2.85. The third-order valence-electron chi connectivity index (χ3n) is 3.77. The lowest BCUT2D eigenvalue weighted by atomic mass is 10.1. The lowest BCUT2D eigenvalue weighted by molar-refractivity contribution is 0.552. The molecule has 19 heavy (non-hydrogen) atoms. The van der Waals surface area contributed by atoms with E-state index in [1.807, 2.05) is 6.20 Å². The van der Waals surface area contributed by atoms with Crippen molar-refractivity contribution in [1.29, 1.82) is 0 Å². The molecule has 1 N–H and O–H groups in total. The largest absolute Gasteiger partial charge is 0.354 e. The van der Waals surface area contributed by atoms with Crippen molar-refractivity contribution in [2.75, 3.05) is 18.0 Å². The molecule has 3 heteroatoms. The summed E-state index contributed by atoms with van der Waals surface area (Å²) in [4.78, 5) is 6.99. The van der Waals surface area contributed by atoms with E-state index < -0.39 is 0 Å². The fraction of sp³-hybridized carbons (Fsp3) is 0.688. The van der Waals surface area contributed by atoms with Crippen LogP contribution < -0.4 is 10.2 Å². The minimum atomic E-state index is 0.612. The van der Waals surface area contributed by atoms with Crippen molar-refractivity contribution in [3.05, 3.63) is 23.9 Å². The Hall–Kier alpha value is -1.09. The van der Waals surface area contributed by atoms with E-state index >= 15 is 0 Å². The minimum absolute atomic E-state index is 0.612. The van der Waals surface area contributed by atoms with Gasteiger partial charge in [0.25, 0.3) is 0 Å². The number of nitrogens with zero attached hydrogens (tertiary/aromatic N) is 2. The van der Waals surface area contributed by atoms with Crippen LogP contribution in [0.4, 0.5) is 5.82 Å². The van der Waals surface area contributed by atoms with E-state index in [1.54, 1.807) is 0 Å². The molecule has 2 atom stereocenters. The van der Waals surface area contributed by atoms with Gasteiger partial charge >= 0.3 is 0 Å². The lowest BCUT2D eigenvalue weighted by Crippen LogP contribution is -2.27. The van der Waals surface area contributed by atoms with Crippen LogP contribution in [-0.4, -0.2) is 24.1 Å². The van der Waals surface area contributed by atoms with Gasteiger partial charge in [-0.2, -0.15) is 0 Å². The molecule has 0 radical (unpaired) electrons. The van der Waals surface area contributed by atoms with Gasteiger partial charge in [-0.3, -0.25) is 0 Å². The average molecular weight is 261 g/mol. The smallest absolute Gasteiger partial charge is 0.129 e. The van der Waals surface area contributed by atoms with E-state index in [-0.39, 0.29) is 0 Å². The Morgan fingerprint density at radius 3 is 2.84 bits per heavy atom. The fourth-order valence-corrected chi connectivity index (χ4v) is 2.85. The molecule has 0 aromatic carbocycles.